The zero-order chi connectivity index (χ0) is 16.2. The number of nitrogens with one attached hydrogen (secondary N) is 2. The van der Waals surface area contributed by atoms with Gasteiger partial charge in [0.15, 0.2) is 0 Å². The molecule has 3 rings (SSSR count). The normalized spacial score (nSPS) is 17.8. The minimum absolute atomic E-state index is 0.0712. The van der Waals surface area contributed by atoms with Crippen molar-refractivity contribution in [3.05, 3.63) is 30.2 Å². The van der Waals surface area contributed by atoms with Crippen molar-refractivity contribution in [2.45, 2.75) is 25.8 Å². The summed E-state index contributed by atoms with van der Waals surface area (Å²) in [4.78, 5) is 22.8. The minimum atomic E-state index is -0.214. The lowest BCUT2D eigenvalue weighted by Gasteiger charge is -2.33. The first-order valence-corrected chi connectivity index (χ1v) is 7.72. The van der Waals surface area contributed by atoms with Gasteiger partial charge in [-0.1, -0.05) is 0 Å². The Balaban J connectivity index is 1.57. The van der Waals surface area contributed by atoms with Crippen molar-refractivity contribution in [2.24, 2.45) is 7.05 Å². The third-order valence-corrected chi connectivity index (χ3v) is 3.84. The highest BCUT2D eigenvalue weighted by Gasteiger charge is 2.23. The van der Waals surface area contributed by atoms with Gasteiger partial charge in [-0.15, -0.1) is 0 Å². The number of nitrogens with zero attached hydrogens (tertiary/aromatic N) is 5. The van der Waals surface area contributed by atoms with Crippen molar-refractivity contribution in [3.8, 4) is 0 Å². The first-order valence-electron chi connectivity index (χ1n) is 7.72. The molecular weight excluding hydrogens is 294 g/mol. The van der Waals surface area contributed by atoms with Gasteiger partial charge in [0.2, 0.25) is 5.95 Å². The molecule has 0 aromatic carbocycles. The van der Waals surface area contributed by atoms with Gasteiger partial charge < -0.3 is 10.2 Å². The molecule has 0 saturated carbocycles. The van der Waals surface area contributed by atoms with Gasteiger partial charge in [-0.3, -0.25) is 10.00 Å². The molecule has 0 aliphatic carbocycles. The molecule has 8 heteroatoms. The number of piperidine rings is 1. The number of aryl methyl sites for hydroxylation is 2. The van der Waals surface area contributed by atoms with E-state index in [0.717, 1.165) is 25.1 Å². The standard InChI is InChI=1S/C15H21N7O/c1-11-9-13(21(2)20-11)19-15(23)18-12-5-3-8-22(10-12)14-16-6-4-7-17-14/h4,6-7,9,12H,3,5,8,10H2,1-2H3,(H2,18,19,23)/t12-/m1/s1. The molecule has 1 saturated heterocycles. The lowest BCUT2D eigenvalue weighted by molar-refractivity contribution is 0.246. The van der Waals surface area contributed by atoms with Crippen molar-refractivity contribution in [1.82, 2.24) is 25.1 Å². The molecule has 23 heavy (non-hydrogen) atoms. The monoisotopic (exact) mass is 315 g/mol. The number of anilines is 2. The van der Waals surface area contributed by atoms with Crippen molar-refractivity contribution in [2.75, 3.05) is 23.3 Å². The van der Waals surface area contributed by atoms with Crippen LogP contribution in [0.5, 0.6) is 0 Å². The quantitative estimate of drug-likeness (QED) is 0.891. The summed E-state index contributed by atoms with van der Waals surface area (Å²) in [6, 6.07) is 3.49. The van der Waals surface area contributed by atoms with Crippen LogP contribution in [0.3, 0.4) is 0 Å². The van der Waals surface area contributed by atoms with Crippen LogP contribution in [-0.4, -0.2) is 44.9 Å². The molecule has 1 aliphatic rings. The summed E-state index contributed by atoms with van der Waals surface area (Å²) in [6.45, 7) is 3.51. The molecule has 8 nitrogen and oxygen atoms in total. The van der Waals surface area contributed by atoms with Crippen molar-refractivity contribution >= 4 is 17.8 Å². The van der Waals surface area contributed by atoms with Crippen LogP contribution in [0.25, 0.3) is 0 Å². The Morgan fingerprint density at radius 3 is 2.83 bits per heavy atom. The number of carbonyl (C=O) groups is 1. The summed E-state index contributed by atoms with van der Waals surface area (Å²) in [5.41, 5.74) is 0.868. The summed E-state index contributed by atoms with van der Waals surface area (Å²) in [5, 5.41) is 10.1. The molecule has 1 atom stereocenters. The van der Waals surface area contributed by atoms with Gasteiger partial charge in [0.1, 0.15) is 5.82 Å². The molecule has 1 fully saturated rings. The van der Waals surface area contributed by atoms with Crippen molar-refractivity contribution < 1.29 is 4.79 Å². The number of hydrogen-bond donors (Lipinski definition) is 2. The molecule has 1 aliphatic heterocycles. The van der Waals surface area contributed by atoms with E-state index >= 15 is 0 Å². The Morgan fingerprint density at radius 1 is 1.35 bits per heavy atom. The molecule has 0 spiro atoms. The topological polar surface area (TPSA) is 88.0 Å². The van der Waals surface area contributed by atoms with E-state index in [1.807, 2.05) is 13.0 Å². The molecule has 0 unspecified atom stereocenters. The Morgan fingerprint density at radius 2 is 2.13 bits per heavy atom. The summed E-state index contributed by atoms with van der Waals surface area (Å²) >= 11 is 0. The number of carbonyl (C=O) groups excluding carboxylic acids is 1. The minimum Gasteiger partial charge on any atom is -0.339 e. The maximum absolute atomic E-state index is 12.2. The number of urea groups is 1. The van der Waals surface area contributed by atoms with Gasteiger partial charge in [0, 0.05) is 44.6 Å². The van der Waals surface area contributed by atoms with Crippen LogP contribution in [-0.2, 0) is 7.05 Å². The fourth-order valence-corrected chi connectivity index (χ4v) is 2.80. The van der Waals surface area contributed by atoms with Crippen LogP contribution in [0.2, 0.25) is 0 Å². The van der Waals surface area contributed by atoms with E-state index in [0.29, 0.717) is 18.3 Å². The van der Waals surface area contributed by atoms with E-state index in [1.54, 1.807) is 30.2 Å². The Labute approximate surface area is 134 Å². The smallest absolute Gasteiger partial charge is 0.320 e. The van der Waals surface area contributed by atoms with E-state index in [-0.39, 0.29) is 12.1 Å². The second kappa shape index (κ2) is 6.64. The maximum Gasteiger partial charge on any atom is 0.320 e. The zero-order valence-electron chi connectivity index (χ0n) is 13.4. The van der Waals surface area contributed by atoms with Gasteiger partial charge in [-0.25, -0.2) is 14.8 Å². The molecular formula is C15H21N7O. The SMILES string of the molecule is Cc1cc(NC(=O)N[C@@H]2CCCN(c3ncccn3)C2)n(C)n1. The van der Waals surface area contributed by atoms with Gasteiger partial charge >= 0.3 is 6.03 Å². The van der Waals surface area contributed by atoms with Crippen LogP contribution in [0.4, 0.5) is 16.6 Å². The van der Waals surface area contributed by atoms with E-state index in [1.165, 1.54) is 0 Å². The molecule has 2 aromatic rings. The highest BCUT2D eigenvalue weighted by molar-refractivity contribution is 5.88. The van der Waals surface area contributed by atoms with E-state index in [4.69, 9.17) is 0 Å². The van der Waals surface area contributed by atoms with Crippen LogP contribution < -0.4 is 15.5 Å². The lowest BCUT2D eigenvalue weighted by atomic mass is 10.1. The summed E-state index contributed by atoms with van der Waals surface area (Å²) in [5.74, 6) is 1.39. The first kappa shape index (κ1) is 15.3. The maximum atomic E-state index is 12.2. The Bertz CT molecular complexity index is 670. The first-order chi connectivity index (χ1) is 11.1. The zero-order valence-corrected chi connectivity index (χ0v) is 13.4. The Hall–Kier alpha value is -2.64. The molecule has 0 bridgehead atoms. The van der Waals surface area contributed by atoms with Crippen LogP contribution in [0.1, 0.15) is 18.5 Å². The number of amides is 2. The van der Waals surface area contributed by atoms with Crippen LogP contribution >= 0.6 is 0 Å². The summed E-state index contributed by atoms with van der Waals surface area (Å²) in [6.07, 6.45) is 5.41. The van der Waals surface area contributed by atoms with Gasteiger partial charge in [-0.2, -0.15) is 5.10 Å². The second-order valence-corrected chi connectivity index (χ2v) is 5.73. The summed E-state index contributed by atoms with van der Waals surface area (Å²) in [7, 11) is 1.80. The van der Waals surface area contributed by atoms with Gasteiger partial charge in [0.05, 0.1) is 5.69 Å². The third-order valence-electron chi connectivity index (χ3n) is 3.84. The van der Waals surface area contributed by atoms with E-state index < -0.39 is 0 Å². The molecule has 3 heterocycles. The third kappa shape index (κ3) is 3.77. The highest BCUT2D eigenvalue weighted by atomic mass is 16.2. The van der Waals surface area contributed by atoms with Crippen molar-refractivity contribution in [3.63, 3.8) is 0 Å². The average molecular weight is 315 g/mol. The number of aromatic nitrogens is 4. The summed E-state index contributed by atoms with van der Waals surface area (Å²) < 4.78 is 1.65. The highest BCUT2D eigenvalue weighted by Crippen LogP contribution is 2.15. The van der Waals surface area contributed by atoms with E-state index in [9.17, 15) is 4.79 Å². The van der Waals surface area contributed by atoms with Crippen molar-refractivity contribution in [1.29, 1.82) is 0 Å². The van der Waals surface area contributed by atoms with Gasteiger partial charge in [-0.05, 0) is 25.8 Å². The molecule has 0 radical (unpaired) electrons. The Kier molecular flexibility index (Phi) is 4.40. The van der Waals surface area contributed by atoms with Crippen LogP contribution in [0.15, 0.2) is 24.5 Å². The number of hydrogen-bond acceptors (Lipinski definition) is 5. The largest absolute Gasteiger partial charge is 0.339 e. The molecule has 122 valence electrons. The van der Waals surface area contributed by atoms with Crippen LogP contribution in [0, 0.1) is 6.92 Å². The number of rotatable bonds is 3. The molecule has 2 amide bonds. The predicted octanol–water partition coefficient (Wildman–Crippen LogP) is 1.31. The lowest BCUT2D eigenvalue weighted by Crippen LogP contribution is -2.49. The molecule has 2 N–H and O–H groups in total. The fourth-order valence-electron chi connectivity index (χ4n) is 2.80. The van der Waals surface area contributed by atoms with E-state index in [2.05, 4.69) is 30.6 Å². The molecule has 2 aromatic heterocycles. The van der Waals surface area contributed by atoms with Gasteiger partial charge in [0.25, 0.3) is 0 Å². The fraction of sp³-hybridized carbons (Fsp3) is 0.467. The average Bonchev–Trinajstić information content (AvgIpc) is 2.86. The predicted molar refractivity (Wildman–Crippen MR) is 87.4 cm³/mol. The second-order valence-electron chi connectivity index (χ2n) is 5.73.